The molecule has 5 nitrogen and oxygen atoms in total. The minimum absolute atomic E-state index is 0.0292. The van der Waals surface area contributed by atoms with Crippen LogP contribution in [0.1, 0.15) is 54.8 Å². The lowest BCUT2D eigenvalue weighted by atomic mass is 9.97. The monoisotopic (exact) mass is 329 g/mol. The number of hydrogen-bond donors (Lipinski definition) is 3. The molecule has 0 saturated carbocycles. The molecule has 0 spiro atoms. The van der Waals surface area contributed by atoms with Gasteiger partial charge in [-0.3, -0.25) is 9.89 Å². The molecule has 1 atom stereocenters. The summed E-state index contributed by atoms with van der Waals surface area (Å²) in [6.45, 7) is 11.8. The highest BCUT2D eigenvalue weighted by Crippen LogP contribution is 2.31. The molecule has 3 N–H and O–H groups in total. The number of anilines is 1. The molecule has 1 aromatic carbocycles. The maximum atomic E-state index is 12.6. The van der Waals surface area contributed by atoms with E-state index in [2.05, 4.69) is 15.5 Å². The molecule has 1 heterocycles. The quantitative estimate of drug-likeness (QED) is 0.726. The average Bonchev–Trinajstić information content (AvgIpc) is 2.81. The van der Waals surface area contributed by atoms with E-state index in [-0.39, 0.29) is 23.5 Å². The number of rotatable bonds is 5. The Kier molecular flexibility index (Phi) is 5.32. The van der Waals surface area contributed by atoms with Gasteiger partial charge in [0.05, 0.1) is 5.69 Å². The lowest BCUT2D eigenvalue weighted by Crippen LogP contribution is -2.23. The Morgan fingerprint density at radius 2 is 1.92 bits per heavy atom. The molecule has 0 aliphatic rings. The van der Waals surface area contributed by atoms with Gasteiger partial charge in [-0.1, -0.05) is 20.8 Å². The number of phenols is 1. The molecule has 2 rings (SSSR count). The van der Waals surface area contributed by atoms with Crippen molar-refractivity contribution in [2.24, 2.45) is 5.92 Å². The van der Waals surface area contributed by atoms with E-state index in [4.69, 9.17) is 0 Å². The summed E-state index contributed by atoms with van der Waals surface area (Å²) in [5, 5.41) is 20.2. The van der Waals surface area contributed by atoms with Crippen LogP contribution in [0.2, 0.25) is 0 Å². The zero-order valence-corrected chi connectivity index (χ0v) is 15.3. The van der Waals surface area contributed by atoms with Gasteiger partial charge in [-0.15, -0.1) is 0 Å². The number of amides is 1. The van der Waals surface area contributed by atoms with Crippen LogP contribution in [0.15, 0.2) is 12.1 Å². The topological polar surface area (TPSA) is 78.0 Å². The number of benzene rings is 1. The molecule has 0 saturated heterocycles. The smallest absolute Gasteiger partial charge is 0.227 e. The van der Waals surface area contributed by atoms with Crippen molar-refractivity contribution in [3.05, 3.63) is 40.2 Å². The average molecular weight is 329 g/mol. The van der Waals surface area contributed by atoms with Gasteiger partial charge in [-0.25, -0.2) is 0 Å². The largest absolute Gasteiger partial charge is 0.508 e. The van der Waals surface area contributed by atoms with E-state index < -0.39 is 0 Å². The highest BCUT2D eigenvalue weighted by Gasteiger charge is 2.19. The molecule has 1 aromatic heterocycles. The van der Waals surface area contributed by atoms with Crippen LogP contribution in [0.4, 0.5) is 5.69 Å². The SMILES string of the molecule is Cc1cc(O)c(C(C)C)cc1NC(=O)C(C)Cc1c(C)n[nH]c1C. The highest BCUT2D eigenvalue weighted by molar-refractivity contribution is 5.93. The third-order valence-corrected chi connectivity index (χ3v) is 4.49. The first-order valence-corrected chi connectivity index (χ1v) is 8.35. The summed E-state index contributed by atoms with van der Waals surface area (Å²) in [7, 11) is 0. The summed E-state index contributed by atoms with van der Waals surface area (Å²) in [6.07, 6.45) is 0.647. The van der Waals surface area contributed by atoms with Crippen molar-refractivity contribution in [1.82, 2.24) is 10.2 Å². The van der Waals surface area contributed by atoms with Crippen LogP contribution in [0, 0.1) is 26.7 Å². The van der Waals surface area contributed by atoms with E-state index in [9.17, 15) is 9.90 Å². The van der Waals surface area contributed by atoms with Crippen LogP contribution in [0.25, 0.3) is 0 Å². The first kappa shape index (κ1) is 18.0. The molecule has 0 fully saturated rings. The van der Waals surface area contributed by atoms with E-state index in [1.165, 1.54) is 0 Å². The summed E-state index contributed by atoms with van der Waals surface area (Å²) >= 11 is 0. The van der Waals surface area contributed by atoms with Gasteiger partial charge in [-0.2, -0.15) is 5.10 Å². The molecule has 0 bridgehead atoms. The van der Waals surface area contributed by atoms with Crippen molar-refractivity contribution >= 4 is 11.6 Å². The molecule has 0 aliphatic heterocycles. The van der Waals surface area contributed by atoms with E-state index >= 15 is 0 Å². The Morgan fingerprint density at radius 3 is 2.46 bits per heavy atom. The standard InChI is InChI=1S/C19H27N3O2/c1-10(2)15-9-17(11(3)8-18(15)23)20-19(24)12(4)7-16-13(5)21-22-14(16)6/h8-10,12,23H,7H2,1-6H3,(H,20,24)(H,21,22). The highest BCUT2D eigenvalue weighted by atomic mass is 16.3. The third-order valence-electron chi connectivity index (χ3n) is 4.49. The molecule has 5 heteroatoms. The van der Waals surface area contributed by atoms with Gasteiger partial charge in [-0.05, 0) is 61.9 Å². The van der Waals surface area contributed by atoms with Crippen molar-refractivity contribution in [3.8, 4) is 5.75 Å². The maximum Gasteiger partial charge on any atom is 0.227 e. The first-order valence-electron chi connectivity index (χ1n) is 8.35. The number of aryl methyl sites for hydroxylation is 3. The van der Waals surface area contributed by atoms with Crippen LogP contribution in [0.3, 0.4) is 0 Å². The van der Waals surface area contributed by atoms with Gasteiger partial charge < -0.3 is 10.4 Å². The number of hydrogen-bond acceptors (Lipinski definition) is 3. The van der Waals surface area contributed by atoms with Crippen molar-refractivity contribution in [2.45, 2.75) is 53.9 Å². The zero-order chi connectivity index (χ0) is 18.0. The number of aromatic amines is 1. The molecule has 24 heavy (non-hydrogen) atoms. The number of carbonyl (C=O) groups excluding carboxylic acids is 1. The van der Waals surface area contributed by atoms with Gasteiger partial charge >= 0.3 is 0 Å². The van der Waals surface area contributed by atoms with Gasteiger partial charge in [0, 0.05) is 17.3 Å². The lowest BCUT2D eigenvalue weighted by molar-refractivity contribution is -0.119. The summed E-state index contributed by atoms with van der Waals surface area (Å²) in [4.78, 5) is 12.6. The zero-order valence-electron chi connectivity index (χ0n) is 15.3. The van der Waals surface area contributed by atoms with Crippen molar-refractivity contribution < 1.29 is 9.90 Å². The van der Waals surface area contributed by atoms with Crippen molar-refractivity contribution in [2.75, 3.05) is 5.32 Å². The van der Waals surface area contributed by atoms with E-state index in [1.807, 2.05) is 47.6 Å². The molecule has 2 aromatic rings. The van der Waals surface area contributed by atoms with Crippen LogP contribution in [-0.4, -0.2) is 21.2 Å². The second-order valence-corrected chi connectivity index (χ2v) is 6.89. The van der Waals surface area contributed by atoms with Crippen molar-refractivity contribution in [1.29, 1.82) is 0 Å². The number of carbonyl (C=O) groups is 1. The van der Waals surface area contributed by atoms with Gasteiger partial charge in [0.1, 0.15) is 5.75 Å². The van der Waals surface area contributed by atoms with Crippen LogP contribution < -0.4 is 5.32 Å². The second kappa shape index (κ2) is 7.07. The number of aromatic hydroxyl groups is 1. The molecule has 1 unspecified atom stereocenters. The summed E-state index contributed by atoms with van der Waals surface area (Å²) in [5.41, 5.74) is 5.50. The number of H-pyrrole nitrogens is 1. The summed E-state index contributed by atoms with van der Waals surface area (Å²) < 4.78 is 0. The van der Waals surface area contributed by atoms with Crippen LogP contribution >= 0.6 is 0 Å². The first-order chi connectivity index (χ1) is 11.2. The van der Waals surface area contributed by atoms with Gasteiger partial charge in [0.2, 0.25) is 5.91 Å². The van der Waals surface area contributed by atoms with Crippen LogP contribution in [0.5, 0.6) is 5.75 Å². The summed E-state index contributed by atoms with van der Waals surface area (Å²) in [6, 6.07) is 3.58. The predicted molar refractivity (Wildman–Crippen MR) is 96.5 cm³/mol. The van der Waals surface area contributed by atoms with E-state index in [0.29, 0.717) is 6.42 Å². The van der Waals surface area contributed by atoms with E-state index in [0.717, 1.165) is 33.8 Å². The van der Waals surface area contributed by atoms with Gasteiger partial charge in [0.15, 0.2) is 0 Å². The molecular weight excluding hydrogens is 302 g/mol. The predicted octanol–water partition coefficient (Wildman–Crippen LogP) is 3.98. The Bertz CT molecular complexity index is 728. The number of nitrogens with zero attached hydrogens (tertiary/aromatic N) is 1. The molecule has 130 valence electrons. The maximum absolute atomic E-state index is 12.6. The van der Waals surface area contributed by atoms with Crippen LogP contribution in [-0.2, 0) is 11.2 Å². The van der Waals surface area contributed by atoms with E-state index in [1.54, 1.807) is 6.07 Å². The second-order valence-electron chi connectivity index (χ2n) is 6.89. The normalized spacial score (nSPS) is 12.5. The Hall–Kier alpha value is -2.30. The molecular formula is C19H27N3O2. The van der Waals surface area contributed by atoms with Crippen molar-refractivity contribution in [3.63, 3.8) is 0 Å². The fraction of sp³-hybridized carbons (Fsp3) is 0.474. The Balaban J connectivity index is 2.16. The lowest BCUT2D eigenvalue weighted by Gasteiger charge is -2.17. The minimum Gasteiger partial charge on any atom is -0.508 e. The number of phenolic OH excluding ortho intramolecular Hbond substituents is 1. The molecule has 0 radical (unpaired) electrons. The summed E-state index contributed by atoms with van der Waals surface area (Å²) in [5.74, 6) is 0.266. The third kappa shape index (κ3) is 3.78. The fourth-order valence-electron chi connectivity index (χ4n) is 2.84. The van der Waals surface area contributed by atoms with Gasteiger partial charge in [0.25, 0.3) is 0 Å². The molecule has 1 amide bonds. The number of nitrogens with one attached hydrogen (secondary N) is 2. The molecule has 0 aliphatic carbocycles. The number of aromatic nitrogens is 2. The Labute approximate surface area is 143 Å². The Morgan fingerprint density at radius 1 is 1.25 bits per heavy atom. The minimum atomic E-state index is -0.171. The fourth-order valence-corrected chi connectivity index (χ4v) is 2.84.